The molecule has 1 fully saturated rings. The third-order valence-electron chi connectivity index (χ3n) is 5.19. The van der Waals surface area contributed by atoms with Crippen LogP contribution in [0.3, 0.4) is 0 Å². The van der Waals surface area contributed by atoms with Gasteiger partial charge < -0.3 is 30.2 Å². The van der Waals surface area contributed by atoms with Crippen LogP contribution in [0.5, 0.6) is 17.2 Å². The number of piperazine rings is 1. The number of nitrogens with two attached hydrogens (primary N) is 1. The maximum Gasteiger partial charge on any atom is 0.316 e. The number of urea groups is 1. The van der Waals surface area contributed by atoms with Crippen LogP contribution in [0.4, 0.5) is 16.2 Å². The minimum atomic E-state index is -0.581. The molecule has 0 bridgehead atoms. The van der Waals surface area contributed by atoms with E-state index < -0.39 is 6.03 Å². The fourth-order valence-corrected chi connectivity index (χ4v) is 3.77. The van der Waals surface area contributed by atoms with Gasteiger partial charge in [0.1, 0.15) is 18.5 Å². The number of halogens is 1. The number of para-hydroxylation sites is 2. The Balaban J connectivity index is 0.00000256. The van der Waals surface area contributed by atoms with Gasteiger partial charge in [-0.1, -0.05) is 12.1 Å². The lowest BCUT2D eigenvalue weighted by molar-refractivity contribution is 0.0571. The number of ether oxygens (including phenoxy) is 3. The first-order chi connectivity index (χ1) is 14.1. The van der Waals surface area contributed by atoms with Crippen LogP contribution in [0.15, 0.2) is 42.5 Å². The Labute approximate surface area is 182 Å². The standard InChI is InChI=1S/C21H26N4O4.ClH/c1-27-18-7-6-15(23-21(22)26)12-17(18)25-10-8-24(9-11-25)13-16-14-28-19-4-2-3-5-20(19)29-16;/h2-7,12,16H,8-11,13-14H2,1H3,(H3,22,23,26);1H. The number of fused-ring (bicyclic) bond motifs is 1. The van der Waals surface area contributed by atoms with Crippen molar-refractivity contribution in [2.75, 3.05) is 56.7 Å². The number of rotatable bonds is 5. The number of nitrogens with zero attached hydrogens (tertiary/aromatic N) is 2. The van der Waals surface area contributed by atoms with Gasteiger partial charge in [-0.2, -0.15) is 0 Å². The van der Waals surface area contributed by atoms with Crippen LogP contribution in [0, 0.1) is 0 Å². The molecule has 2 aliphatic rings. The average Bonchev–Trinajstić information content (AvgIpc) is 2.74. The normalized spacial score (nSPS) is 18.3. The average molecular weight is 435 g/mol. The molecule has 0 aliphatic carbocycles. The fraction of sp³-hybridized carbons (Fsp3) is 0.381. The minimum absolute atomic E-state index is 0. The number of carbonyl (C=O) groups excluding carboxylic acids is 1. The maximum atomic E-state index is 11.2. The fourth-order valence-electron chi connectivity index (χ4n) is 3.77. The highest BCUT2D eigenvalue weighted by molar-refractivity contribution is 5.89. The second kappa shape index (κ2) is 9.77. The summed E-state index contributed by atoms with van der Waals surface area (Å²) >= 11 is 0. The van der Waals surface area contributed by atoms with Gasteiger partial charge in [0.15, 0.2) is 11.5 Å². The lowest BCUT2D eigenvalue weighted by Crippen LogP contribution is -2.50. The quantitative estimate of drug-likeness (QED) is 0.751. The van der Waals surface area contributed by atoms with Crippen LogP contribution in [0.25, 0.3) is 0 Å². The van der Waals surface area contributed by atoms with Crippen molar-refractivity contribution in [3.05, 3.63) is 42.5 Å². The number of hydrogen-bond acceptors (Lipinski definition) is 6. The molecule has 4 rings (SSSR count). The van der Waals surface area contributed by atoms with Crippen LogP contribution in [-0.4, -0.2) is 63.5 Å². The summed E-state index contributed by atoms with van der Waals surface area (Å²) in [6, 6.07) is 12.7. The topological polar surface area (TPSA) is 89.3 Å². The van der Waals surface area contributed by atoms with Crippen LogP contribution in [0.2, 0.25) is 0 Å². The molecule has 162 valence electrons. The summed E-state index contributed by atoms with van der Waals surface area (Å²) in [5, 5.41) is 2.62. The van der Waals surface area contributed by atoms with E-state index in [1.54, 1.807) is 13.2 Å². The summed E-state index contributed by atoms with van der Waals surface area (Å²) < 4.78 is 17.4. The van der Waals surface area contributed by atoms with E-state index in [4.69, 9.17) is 19.9 Å². The van der Waals surface area contributed by atoms with Crippen LogP contribution in [0.1, 0.15) is 0 Å². The molecular weight excluding hydrogens is 408 g/mol. The minimum Gasteiger partial charge on any atom is -0.495 e. The van der Waals surface area contributed by atoms with Crippen LogP contribution >= 0.6 is 12.4 Å². The summed E-state index contributed by atoms with van der Waals surface area (Å²) in [4.78, 5) is 15.8. The Kier molecular flexibility index (Phi) is 7.12. The molecule has 0 spiro atoms. The van der Waals surface area contributed by atoms with Gasteiger partial charge in [0, 0.05) is 38.4 Å². The Bertz CT molecular complexity index is 874. The third kappa shape index (κ3) is 5.01. The number of amides is 2. The Morgan fingerprint density at radius 2 is 1.90 bits per heavy atom. The molecule has 2 heterocycles. The molecule has 8 nitrogen and oxygen atoms in total. The predicted molar refractivity (Wildman–Crippen MR) is 118 cm³/mol. The van der Waals surface area contributed by atoms with E-state index in [1.165, 1.54) is 0 Å². The van der Waals surface area contributed by atoms with Crippen molar-refractivity contribution < 1.29 is 19.0 Å². The Morgan fingerprint density at radius 1 is 1.17 bits per heavy atom. The van der Waals surface area contributed by atoms with Crippen molar-refractivity contribution in [1.82, 2.24) is 4.90 Å². The number of anilines is 2. The number of hydrogen-bond donors (Lipinski definition) is 2. The smallest absolute Gasteiger partial charge is 0.316 e. The summed E-state index contributed by atoms with van der Waals surface area (Å²) in [6.45, 7) is 4.88. The predicted octanol–water partition coefficient (Wildman–Crippen LogP) is 2.57. The van der Waals surface area contributed by atoms with Gasteiger partial charge in [-0.15, -0.1) is 12.4 Å². The summed E-state index contributed by atoms with van der Waals surface area (Å²) in [7, 11) is 1.65. The molecule has 2 aromatic rings. The third-order valence-corrected chi connectivity index (χ3v) is 5.19. The molecule has 2 aliphatic heterocycles. The van der Waals surface area contributed by atoms with Gasteiger partial charge >= 0.3 is 6.03 Å². The zero-order chi connectivity index (χ0) is 20.2. The Morgan fingerprint density at radius 3 is 2.60 bits per heavy atom. The molecule has 2 amide bonds. The molecule has 1 unspecified atom stereocenters. The molecular formula is C21H27ClN4O4. The monoisotopic (exact) mass is 434 g/mol. The van der Waals surface area contributed by atoms with Crippen LogP contribution < -0.4 is 30.2 Å². The SMILES string of the molecule is COc1ccc(NC(N)=O)cc1N1CCN(CC2COc3ccccc3O2)CC1.Cl. The molecule has 2 aromatic carbocycles. The molecule has 0 saturated carbocycles. The van der Waals surface area contributed by atoms with E-state index in [-0.39, 0.29) is 18.5 Å². The molecule has 1 saturated heterocycles. The number of nitrogens with one attached hydrogen (secondary N) is 1. The van der Waals surface area contributed by atoms with Crippen LogP contribution in [-0.2, 0) is 0 Å². The highest BCUT2D eigenvalue weighted by Gasteiger charge is 2.26. The largest absolute Gasteiger partial charge is 0.495 e. The number of methoxy groups -OCH3 is 1. The molecule has 0 aromatic heterocycles. The van der Waals surface area contributed by atoms with E-state index in [0.29, 0.717) is 12.3 Å². The highest BCUT2D eigenvalue weighted by Crippen LogP contribution is 2.33. The first-order valence-corrected chi connectivity index (χ1v) is 9.72. The summed E-state index contributed by atoms with van der Waals surface area (Å²) in [5.74, 6) is 2.39. The van der Waals surface area contributed by atoms with Gasteiger partial charge in [0.05, 0.1) is 12.8 Å². The van der Waals surface area contributed by atoms with Gasteiger partial charge in [-0.3, -0.25) is 4.90 Å². The highest BCUT2D eigenvalue weighted by atomic mass is 35.5. The van der Waals surface area contributed by atoms with Crippen molar-refractivity contribution in [3.8, 4) is 17.2 Å². The zero-order valence-corrected chi connectivity index (χ0v) is 17.7. The van der Waals surface area contributed by atoms with Gasteiger partial charge in [0.2, 0.25) is 0 Å². The number of primary amides is 1. The van der Waals surface area contributed by atoms with E-state index in [1.807, 2.05) is 36.4 Å². The van der Waals surface area contributed by atoms with Crippen molar-refractivity contribution in [3.63, 3.8) is 0 Å². The summed E-state index contributed by atoms with van der Waals surface area (Å²) in [5.41, 5.74) is 6.84. The molecule has 0 radical (unpaired) electrons. The summed E-state index contributed by atoms with van der Waals surface area (Å²) in [6.07, 6.45) is 0.0223. The molecule has 30 heavy (non-hydrogen) atoms. The first kappa shape index (κ1) is 21.9. The van der Waals surface area contributed by atoms with E-state index in [9.17, 15) is 4.79 Å². The maximum absolute atomic E-state index is 11.2. The second-order valence-corrected chi connectivity index (χ2v) is 7.16. The van der Waals surface area contributed by atoms with Gasteiger partial charge in [-0.25, -0.2) is 4.79 Å². The lowest BCUT2D eigenvalue weighted by atomic mass is 10.2. The number of carbonyl (C=O) groups is 1. The Hall–Kier alpha value is -2.84. The zero-order valence-electron chi connectivity index (χ0n) is 16.9. The van der Waals surface area contributed by atoms with Crippen molar-refractivity contribution >= 4 is 29.8 Å². The van der Waals surface area contributed by atoms with Gasteiger partial charge in [0.25, 0.3) is 0 Å². The lowest BCUT2D eigenvalue weighted by Gasteiger charge is -2.38. The number of benzene rings is 2. The molecule has 1 atom stereocenters. The van der Waals surface area contributed by atoms with E-state index in [2.05, 4.69) is 15.1 Å². The van der Waals surface area contributed by atoms with E-state index in [0.717, 1.165) is 55.7 Å². The molecule has 3 N–H and O–H groups in total. The van der Waals surface area contributed by atoms with E-state index >= 15 is 0 Å². The van der Waals surface area contributed by atoms with Gasteiger partial charge in [-0.05, 0) is 30.3 Å². The molecule has 9 heteroatoms. The first-order valence-electron chi connectivity index (χ1n) is 9.72. The van der Waals surface area contributed by atoms with Crippen molar-refractivity contribution in [2.24, 2.45) is 5.73 Å². The van der Waals surface area contributed by atoms with Crippen molar-refractivity contribution in [2.45, 2.75) is 6.10 Å². The second-order valence-electron chi connectivity index (χ2n) is 7.16. The van der Waals surface area contributed by atoms with Crippen molar-refractivity contribution in [1.29, 1.82) is 0 Å².